The van der Waals surface area contributed by atoms with E-state index in [0.29, 0.717) is 30.5 Å². The fourth-order valence-corrected chi connectivity index (χ4v) is 3.13. The molecule has 13 heteroatoms. The zero-order valence-corrected chi connectivity index (χ0v) is 19.8. The Morgan fingerprint density at radius 3 is 1.71 bits per heavy atom. The van der Waals surface area contributed by atoms with Gasteiger partial charge in [-0.05, 0) is 18.2 Å². The SMILES string of the molecule is Fc1cc(-c2nc(C(Cl)(Cl)Cl)nc(C(Cl)(Cl)Cl)n2)ccc1N(CCCl)CCCl. The van der Waals surface area contributed by atoms with Crippen LogP contribution in [0.1, 0.15) is 11.6 Å². The van der Waals surface area contributed by atoms with Crippen molar-refractivity contribution in [3.05, 3.63) is 35.7 Å². The number of hydrogen-bond donors (Lipinski definition) is 0. The van der Waals surface area contributed by atoms with Crippen molar-refractivity contribution in [3.8, 4) is 11.4 Å². The summed E-state index contributed by atoms with van der Waals surface area (Å²) in [6, 6.07) is 4.33. The molecule has 0 atom stereocenters. The Morgan fingerprint density at radius 2 is 1.32 bits per heavy atom. The molecule has 4 nitrogen and oxygen atoms in total. The predicted molar refractivity (Wildman–Crippen MR) is 117 cm³/mol. The fourth-order valence-electron chi connectivity index (χ4n) is 2.22. The van der Waals surface area contributed by atoms with Crippen molar-refractivity contribution in [2.75, 3.05) is 29.7 Å². The van der Waals surface area contributed by atoms with Gasteiger partial charge in [0.05, 0.1) is 5.69 Å². The molecule has 154 valence electrons. The third-order valence-electron chi connectivity index (χ3n) is 3.40. The van der Waals surface area contributed by atoms with Crippen LogP contribution in [0.3, 0.4) is 0 Å². The molecule has 1 aromatic heterocycles. The first kappa shape index (κ1) is 24.5. The van der Waals surface area contributed by atoms with Gasteiger partial charge in [-0.1, -0.05) is 69.6 Å². The van der Waals surface area contributed by atoms with Crippen LogP contribution in [0.2, 0.25) is 0 Å². The highest BCUT2D eigenvalue weighted by Gasteiger charge is 2.34. The molecule has 0 radical (unpaired) electrons. The molecule has 0 spiro atoms. The van der Waals surface area contributed by atoms with E-state index in [1.165, 1.54) is 12.1 Å². The molecule has 0 bridgehead atoms. The number of halogens is 9. The maximum absolute atomic E-state index is 14.7. The lowest BCUT2D eigenvalue weighted by Gasteiger charge is -2.23. The lowest BCUT2D eigenvalue weighted by atomic mass is 10.1. The lowest BCUT2D eigenvalue weighted by molar-refractivity contribution is 0.620. The second-order valence-corrected chi connectivity index (χ2v) is 10.7. The van der Waals surface area contributed by atoms with Crippen molar-refractivity contribution in [1.29, 1.82) is 0 Å². The minimum atomic E-state index is -2.00. The molecular formula is C15H11Cl8FN4. The average molecular weight is 550 g/mol. The summed E-state index contributed by atoms with van der Waals surface area (Å²) < 4.78 is 10.7. The zero-order chi connectivity index (χ0) is 21.1. The molecule has 0 saturated carbocycles. The first-order chi connectivity index (χ1) is 13.0. The zero-order valence-electron chi connectivity index (χ0n) is 13.8. The molecule has 2 rings (SSSR count). The minimum Gasteiger partial charge on any atom is -0.367 e. The summed E-state index contributed by atoms with van der Waals surface area (Å²) >= 11 is 46.6. The summed E-state index contributed by atoms with van der Waals surface area (Å²) in [5.41, 5.74) is 0.591. The van der Waals surface area contributed by atoms with E-state index in [1.54, 1.807) is 11.0 Å². The molecule has 28 heavy (non-hydrogen) atoms. The third kappa shape index (κ3) is 6.39. The molecule has 0 aliphatic carbocycles. The van der Waals surface area contributed by atoms with E-state index >= 15 is 0 Å². The van der Waals surface area contributed by atoms with Gasteiger partial charge in [0.25, 0.3) is 0 Å². The number of alkyl halides is 8. The summed E-state index contributed by atoms with van der Waals surface area (Å²) in [6.45, 7) is 0.843. The van der Waals surface area contributed by atoms with E-state index in [4.69, 9.17) is 92.8 Å². The van der Waals surface area contributed by atoms with Crippen LogP contribution in [0, 0.1) is 5.82 Å². The molecule has 1 heterocycles. The van der Waals surface area contributed by atoms with Gasteiger partial charge < -0.3 is 4.90 Å². The largest absolute Gasteiger partial charge is 0.367 e. The average Bonchev–Trinajstić information content (AvgIpc) is 2.59. The van der Waals surface area contributed by atoms with Gasteiger partial charge in [-0.2, -0.15) is 0 Å². The number of nitrogens with zero attached hydrogens (tertiary/aromatic N) is 4. The van der Waals surface area contributed by atoms with Crippen LogP contribution in [0.15, 0.2) is 18.2 Å². The Hall–Kier alpha value is 0.280. The summed E-state index contributed by atoms with van der Waals surface area (Å²) in [6.07, 6.45) is 0. The minimum absolute atomic E-state index is 0.0238. The molecule has 0 saturated heterocycles. The topological polar surface area (TPSA) is 41.9 Å². The van der Waals surface area contributed by atoms with Crippen molar-refractivity contribution < 1.29 is 4.39 Å². The molecule has 0 unspecified atom stereocenters. The Labute approximate surface area is 201 Å². The van der Waals surface area contributed by atoms with Crippen LogP contribution in [0.5, 0.6) is 0 Å². The van der Waals surface area contributed by atoms with Crippen LogP contribution in [-0.2, 0) is 7.59 Å². The Kier molecular flexibility index (Phi) is 8.82. The van der Waals surface area contributed by atoms with Crippen LogP contribution in [-0.4, -0.2) is 39.8 Å². The smallest absolute Gasteiger partial charge is 0.250 e. The summed E-state index contributed by atoms with van der Waals surface area (Å²) in [4.78, 5) is 13.7. The van der Waals surface area contributed by atoms with Gasteiger partial charge in [-0.15, -0.1) is 23.2 Å². The third-order valence-corrected chi connectivity index (χ3v) is 4.75. The van der Waals surface area contributed by atoms with Gasteiger partial charge in [-0.25, -0.2) is 19.3 Å². The van der Waals surface area contributed by atoms with E-state index in [0.717, 1.165) is 0 Å². The van der Waals surface area contributed by atoms with E-state index in [9.17, 15) is 4.39 Å². The fraction of sp³-hybridized carbons (Fsp3) is 0.400. The summed E-state index contributed by atoms with van der Waals surface area (Å²) in [7, 11) is 0. The van der Waals surface area contributed by atoms with E-state index in [2.05, 4.69) is 15.0 Å². The summed E-state index contributed by atoms with van der Waals surface area (Å²) in [5.74, 6) is -0.475. The van der Waals surface area contributed by atoms with Gasteiger partial charge in [0.15, 0.2) is 17.5 Å². The second-order valence-electron chi connectivity index (χ2n) is 5.33. The highest BCUT2D eigenvalue weighted by Crippen LogP contribution is 2.41. The van der Waals surface area contributed by atoms with Gasteiger partial charge >= 0.3 is 0 Å². The number of rotatable bonds is 6. The van der Waals surface area contributed by atoms with Crippen molar-refractivity contribution in [2.24, 2.45) is 0 Å². The van der Waals surface area contributed by atoms with Crippen LogP contribution in [0.4, 0.5) is 10.1 Å². The maximum atomic E-state index is 14.7. The van der Waals surface area contributed by atoms with Gasteiger partial charge in [0.2, 0.25) is 7.59 Å². The number of anilines is 1. The Bertz CT molecular complexity index is 786. The van der Waals surface area contributed by atoms with E-state index < -0.39 is 13.4 Å². The molecule has 2 aromatic rings. The number of hydrogen-bond acceptors (Lipinski definition) is 4. The van der Waals surface area contributed by atoms with E-state index in [-0.39, 0.29) is 23.0 Å². The van der Waals surface area contributed by atoms with Crippen LogP contribution in [0.25, 0.3) is 11.4 Å². The Balaban J connectivity index is 2.54. The van der Waals surface area contributed by atoms with Gasteiger partial charge in [0, 0.05) is 30.4 Å². The quantitative estimate of drug-likeness (QED) is 0.380. The first-order valence-corrected chi connectivity index (χ1v) is 10.9. The molecule has 1 aromatic carbocycles. The summed E-state index contributed by atoms with van der Waals surface area (Å²) in [5, 5.41) is 0. The van der Waals surface area contributed by atoms with Crippen molar-refractivity contribution in [3.63, 3.8) is 0 Å². The normalized spacial score (nSPS) is 12.3. The monoisotopic (exact) mass is 546 g/mol. The first-order valence-electron chi connectivity index (χ1n) is 7.54. The maximum Gasteiger partial charge on any atom is 0.250 e. The molecule has 0 amide bonds. The number of aromatic nitrogens is 3. The molecular weight excluding hydrogens is 539 g/mol. The highest BCUT2D eigenvalue weighted by molar-refractivity contribution is 6.67. The predicted octanol–water partition coefficient (Wildman–Crippen LogP) is 6.62. The van der Waals surface area contributed by atoms with Crippen LogP contribution >= 0.6 is 92.8 Å². The van der Waals surface area contributed by atoms with Crippen molar-refractivity contribution >= 4 is 98.5 Å². The van der Waals surface area contributed by atoms with Crippen LogP contribution < -0.4 is 4.90 Å². The molecule has 0 N–H and O–H groups in total. The second kappa shape index (κ2) is 10.1. The lowest BCUT2D eigenvalue weighted by Crippen LogP contribution is -2.28. The molecule has 0 aliphatic heterocycles. The van der Waals surface area contributed by atoms with E-state index in [1.807, 2.05) is 0 Å². The van der Waals surface area contributed by atoms with Gasteiger partial charge in [0.1, 0.15) is 5.82 Å². The molecule has 0 fully saturated rings. The number of benzene rings is 1. The standard InChI is InChI=1S/C15H11Cl8FN4/c16-3-5-28(6-4-17)10-2-1-8(7-9(10)24)11-25-12(14(18,19)20)27-13(26-11)15(21,22)23/h1-2,7H,3-6H2. The molecule has 0 aliphatic rings. The Morgan fingerprint density at radius 1 is 0.821 bits per heavy atom. The van der Waals surface area contributed by atoms with Crippen molar-refractivity contribution in [2.45, 2.75) is 7.59 Å². The van der Waals surface area contributed by atoms with Gasteiger partial charge in [-0.3, -0.25) is 0 Å². The highest BCUT2D eigenvalue weighted by atomic mass is 35.6. The van der Waals surface area contributed by atoms with Crippen molar-refractivity contribution in [1.82, 2.24) is 15.0 Å².